The van der Waals surface area contributed by atoms with Crippen LogP contribution in [0.1, 0.15) is 47.6 Å². The summed E-state index contributed by atoms with van der Waals surface area (Å²) in [7, 11) is 0. The number of benzene rings is 2. The van der Waals surface area contributed by atoms with Gasteiger partial charge in [0.2, 0.25) is 5.91 Å². The predicted molar refractivity (Wildman–Crippen MR) is 119 cm³/mol. The van der Waals surface area contributed by atoms with Crippen LogP contribution in [0, 0.1) is 6.92 Å². The van der Waals surface area contributed by atoms with Crippen LogP contribution in [0.4, 0.5) is 5.69 Å². The maximum atomic E-state index is 12.8. The Morgan fingerprint density at radius 2 is 2.07 bits per heavy atom. The topological polar surface area (TPSA) is 78.1 Å². The Labute approximate surface area is 179 Å². The summed E-state index contributed by atoms with van der Waals surface area (Å²) in [6, 6.07) is 10.6. The molecule has 0 radical (unpaired) electrons. The lowest BCUT2D eigenvalue weighted by Gasteiger charge is -2.23. The van der Waals surface area contributed by atoms with Crippen molar-refractivity contribution in [2.24, 2.45) is 0 Å². The minimum atomic E-state index is -0.304. The van der Waals surface area contributed by atoms with Gasteiger partial charge in [0.1, 0.15) is 5.82 Å². The first kappa shape index (κ1) is 20.2. The Morgan fingerprint density at radius 3 is 2.87 bits per heavy atom. The van der Waals surface area contributed by atoms with Crippen LogP contribution < -0.4 is 10.2 Å². The van der Waals surface area contributed by atoms with E-state index in [1.165, 1.54) is 0 Å². The van der Waals surface area contributed by atoms with E-state index in [1.54, 1.807) is 17.0 Å². The summed E-state index contributed by atoms with van der Waals surface area (Å²) in [6.07, 6.45) is 5.17. The van der Waals surface area contributed by atoms with Crippen LogP contribution in [0.5, 0.6) is 0 Å². The zero-order valence-electron chi connectivity index (χ0n) is 16.9. The molecule has 0 saturated heterocycles. The van der Waals surface area contributed by atoms with Crippen molar-refractivity contribution in [1.82, 2.24) is 15.3 Å². The van der Waals surface area contributed by atoms with Crippen LogP contribution in [-0.2, 0) is 4.79 Å². The van der Waals surface area contributed by atoms with E-state index in [4.69, 9.17) is 11.6 Å². The summed E-state index contributed by atoms with van der Waals surface area (Å²) in [5.74, 6) is 0.541. The third-order valence-electron chi connectivity index (χ3n) is 5.25. The van der Waals surface area contributed by atoms with E-state index in [9.17, 15) is 9.59 Å². The van der Waals surface area contributed by atoms with Gasteiger partial charge in [-0.05, 0) is 62.2 Å². The summed E-state index contributed by atoms with van der Waals surface area (Å²) in [5, 5.41) is 3.61. The van der Waals surface area contributed by atoms with Crippen molar-refractivity contribution in [2.75, 3.05) is 11.4 Å². The molecule has 0 unspecified atom stereocenters. The highest BCUT2D eigenvalue weighted by Gasteiger charge is 2.20. The number of halogens is 1. The van der Waals surface area contributed by atoms with E-state index in [1.807, 2.05) is 50.3 Å². The molecular formula is C23H23ClN4O2. The molecule has 0 saturated carbocycles. The lowest BCUT2D eigenvalue weighted by atomic mass is 10.1. The Hall–Kier alpha value is -3.12. The third-order valence-corrected chi connectivity index (χ3v) is 5.48. The van der Waals surface area contributed by atoms with Gasteiger partial charge in [0.05, 0.1) is 17.1 Å². The number of hydrogen-bond donors (Lipinski definition) is 2. The van der Waals surface area contributed by atoms with E-state index >= 15 is 0 Å². The second-order valence-corrected chi connectivity index (χ2v) is 7.93. The van der Waals surface area contributed by atoms with Gasteiger partial charge < -0.3 is 15.2 Å². The number of hydrogen-bond acceptors (Lipinski definition) is 3. The van der Waals surface area contributed by atoms with E-state index in [-0.39, 0.29) is 17.9 Å². The third kappa shape index (κ3) is 4.09. The molecular weight excluding hydrogens is 400 g/mol. The van der Waals surface area contributed by atoms with Gasteiger partial charge in [-0.25, -0.2) is 4.98 Å². The molecule has 2 amide bonds. The number of imidazole rings is 1. The van der Waals surface area contributed by atoms with Gasteiger partial charge in [-0.1, -0.05) is 23.8 Å². The Balaban J connectivity index is 1.50. The summed E-state index contributed by atoms with van der Waals surface area (Å²) in [5.41, 5.74) is 3.91. The summed E-state index contributed by atoms with van der Waals surface area (Å²) in [4.78, 5) is 34.7. The summed E-state index contributed by atoms with van der Waals surface area (Å²) < 4.78 is 0. The second-order valence-electron chi connectivity index (χ2n) is 7.49. The maximum absolute atomic E-state index is 12.8. The lowest BCUT2D eigenvalue weighted by Crippen LogP contribution is -2.31. The summed E-state index contributed by atoms with van der Waals surface area (Å²) in [6.45, 7) is 4.44. The van der Waals surface area contributed by atoms with Gasteiger partial charge in [-0.2, -0.15) is 0 Å². The Bertz CT molecular complexity index is 1150. The van der Waals surface area contributed by atoms with Crippen molar-refractivity contribution in [2.45, 2.75) is 32.7 Å². The van der Waals surface area contributed by atoms with Gasteiger partial charge in [0.25, 0.3) is 5.91 Å². The Morgan fingerprint density at radius 1 is 1.23 bits per heavy atom. The minimum Gasteiger partial charge on any atom is -0.342 e. The minimum absolute atomic E-state index is 0.0719. The quantitative estimate of drug-likeness (QED) is 0.598. The first-order valence-electron chi connectivity index (χ1n) is 9.94. The molecule has 0 spiro atoms. The number of nitrogens with one attached hydrogen (secondary N) is 2. The molecule has 1 atom stereocenters. The second kappa shape index (κ2) is 8.32. The number of aryl methyl sites for hydroxylation is 1. The number of amides is 2. The molecule has 7 heteroatoms. The van der Waals surface area contributed by atoms with Crippen molar-refractivity contribution in [1.29, 1.82) is 0 Å². The van der Waals surface area contributed by atoms with Crippen molar-refractivity contribution in [3.05, 3.63) is 70.5 Å². The van der Waals surface area contributed by atoms with E-state index < -0.39 is 0 Å². The number of carbonyl (C=O) groups excluding carboxylic acids is 2. The van der Waals surface area contributed by atoms with Crippen LogP contribution in [0.3, 0.4) is 0 Å². The molecule has 0 fully saturated rings. The largest absolute Gasteiger partial charge is 0.342 e. The zero-order chi connectivity index (χ0) is 21.3. The van der Waals surface area contributed by atoms with Crippen molar-refractivity contribution < 1.29 is 9.59 Å². The number of anilines is 1. The highest BCUT2D eigenvalue weighted by atomic mass is 35.5. The average Bonchev–Trinajstić information content (AvgIpc) is 3.02. The van der Waals surface area contributed by atoms with Gasteiger partial charge in [0, 0.05) is 29.2 Å². The molecule has 2 heterocycles. The van der Waals surface area contributed by atoms with Crippen LogP contribution in [0.2, 0.25) is 5.02 Å². The van der Waals surface area contributed by atoms with E-state index in [2.05, 4.69) is 15.3 Å². The molecule has 0 bridgehead atoms. The van der Waals surface area contributed by atoms with Crippen LogP contribution in [0.25, 0.3) is 11.0 Å². The van der Waals surface area contributed by atoms with Crippen molar-refractivity contribution in [3.63, 3.8) is 0 Å². The normalized spacial score (nSPS) is 15.3. The number of carbonyl (C=O) groups is 2. The molecule has 1 aliphatic rings. The van der Waals surface area contributed by atoms with Gasteiger partial charge in [-0.15, -0.1) is 0 Å². The van der Waals surface area contributed by atoms with Gasteiger partial charge in [-0.3, -0.25) is 9.59 Å². The van der Waals surface area contributed by atoms with Crippen LogP contribution in [-0.4, -0.2) is 28.3 Å². The Kier molecular flexibility index (Phi) is 5.59. The van der Waals surface area contributed by atoms with Gasteiger partial charge in [0.15, 0.2) is 0 Å². The molecule has 2 N–H and O–H groups in total. The van der Waals surface area contributed by atoms with Crippen LogP contribution >= 0.6 is 11.6 Å². The number of H-pyrrole nitrogens is 1. The molecule has 30 heavy (non-hydrogen) atoms. The van der Waals surface area contributed by atoms with Crippen LogP contribution in [0.15, 0.2) is 48.6 Å². The molecule has 2 aromatic carbocycles. The zero-order valence-corrected chi connectivity index (χ0v) is 17.7. The fourth-order valence-electron chi connectivity index (χ4n) is 3.65. The highest BCUT2D eigenvalue weighted by Crippen LogP contribution is 2.25. The predicted octanol–water partition coefficient (Wildman–Crippen LogP) is 4.70. The molecule has 0 aliphatic carbocycles. The standard InChI is InChI=1S/C23H23ClN4O2/c1-14-12-16(7-10-20(14)28-11-5-3-4-6-21(28)29)23(30)25-15(2)22-26-18-9-8-17(24)13-19(18)27-22/h3-4,7-10,12-13,15H,5-6,11H2,1-2H3,(H,25,30)(H,26,27)/t15-/m0/s1. The number of nitrogens with zero attached hydrogens (tertiary/aromatic N) is 2. The number of aromatic amines is 1. The molecule has 154 valence electrons. The molecule has 4 rings (SSSR count). The first-order chi connectivity index (χ1) is 14.4. The maximum Gasteiger partial charge on any atom is 0.251 e. The first-order valence-corrected chi connectivity index (χ1v) is 10.3. The number of aromatic nitrogens is 2. The van der Waals surface area contributed by atoms with Crippen molar-refractivity contribution >= 4 is 40.1 Å². The molecule has 1 aromatic heterocycles. The summed E-state index contributed by atoms with van der Waals surface area (Å²) >= 11 is 6.03. The highest BCUT2D eigenvalue weighted by molar-refractivity contribution is 6.31. The average molecular weight is 423 g/mol. The number of rotatable bonds is 4. The van der Waals surface area contributed by atoms with Crippen molar-refractivity contribution in [3.8, 4) is 0 Å². The smallest absolute Gasteiger partial charge is 0.251 e. The molecule has 6 nitrogen and oxygen atoms in total. The fourth-order valence-corrected chi connectivity index (χ4v) is 3.82. The number of fused-ring (bicyclic) bond motifs is 1. The van der Waals surface area contributed by atoms with E-state index in [0.717, 1.165) is 28.7 Å². The monoisotopic (exact) mass is 422 g/mol. The SMILES string of the molecule is Cc1cc(C(=O)N[C@@H](C)c2nc3ccc(Cl)cc3[nH]2)ccc1N1CCC=CCC1=O. The van der Waals surface area contributed by atoms with Gasteiger partial charge >= 0.3 is 0 Å². The molecule has 3 aromatic rings. The van der Waals surface area contributed by atoms with E-state index in [0.29, 0.717) is 29.4 Å². The molecule has 1 aliphatic heterocycles. The lowest BCUT2D eigenvalue weighted by molar-refractivity contribution is -0.117. The fraction of sp³-hybridized carbons (Fsp3) is 0.261.